The summed E-state index contributed by atoms with van der Waals surface area (Å²) in [4.78, 5) is 15.3. The molecule has 0 unspecified atom stereocenters. The van der Waals surface area contributed by atoms with Gasteiger partial charge in [0.2, 0.25) is 5.91 Å². The van der Waals surface area contributed by atoms with Crippen LogP contribution < -0.4 is 10.6 Å². The predicted molar refractivity (Wildman–Crippen MR) is 122 cm³/mol. The van der Waals surface area contributed by atoms with Gasteiger partial charge < -0.3 is 19.8 Å². The molecule has 4 aromatic rings. The third kappa shape index (κ3) is 5.41. The second-order valence-corrected chi connectivity index (χ2v) is 7.34. The van der Waals surface area contributed by atoms with Crippen LogP contribution in [0.5, 0.6) is 0 Å². The fraction of sp³-hybridized carbons (Fsp3) is 0.208. The quantitative estimate of drug-likeness (QED) is 0.385. The van der Waals surface area contributed by atoms with Crippen LogP contribution in [0.1, 0.15) is 18.1 Å². The van der Waals surface area contributed by atoms with Crippen LogP contribution >= 0.6 is 0 Å². The molecule has 0 saturated heterocycles. The molecule has 0 aliphatic heterocycles. The van der Waals surface area contributed by atoms with E-state index >= 15 is 0 Å². The maximum Gasteiger partial charge on any atom is 0.299 e. The van der Waals surface area contributed by atoms with Gasteiger partial charge in [-0.05, 0) is 54.4 Å². The van der Waals surface area contributed by atoms with Gasteiger partial charge in [0.25, 0.3) is 6.01 Å². The predicted octanol–water partition coefficient (Wildman–Crippen LogP) is 4.23. The average molecular weight is 431 g/mol. The van der Waals surface area contributed by atoms with E-state index in [0.717, 1.165) is 28.1 Å². The number of anilines is 2. The molecular formula is C24H25N5O3. The van der Waals surface area contributed by atoms with E-state index in [0.29, 0.717) is 31.5 Å². The fourth-order valence-corrected chi connectivity index (χ4v) is 3.16. The lowest BCUT2D eigenvalue weighted by Crippen LogP contribution is -2.24. The van der Waals surface area contributed by atoms with E-state index in [1.165, 1.54) is 6.92 Å². The van der Waals surface area contributed by atoms with Crippen molar-refractivity contribution in [2.75, 3.05) is 18.5 Å². The highest BCUT2D eigenvalue weighted by Gasteiger charge is 2.09. The molecule has 0 saturated carbocycles. The number of carbonyl (C=O) groups excluding carboxylic acids is 1. The Hall–Kier alpha value is -3.91. The van der Waals surface area contributed by atoms with E-state index < -0.39 is 0 Å². The van der Waals surface area contributed by atoms with Gasteiger partial charge in [-0.1, -0.05) is 12.1 Å². The lowest BCUT2D eigenvalue weighted by molar-refractivity contribution is -0.119. The molecule has 8 heteroatoms. The van der Waals surface area contributed by atoms with Crippen molar-refractivity contribution in [2.24, 2.45) is 0 Å². The molecule has 0 atom stereocenters. The van der Waals surface area contributed by atoms with Gasteiger partial charge in [-0.3, -0.25) is 4.79 Å². The molecular weight excluding hydrogens is 406 g/mol. The fourth-order valence-electron chi connectivity index (χ4n) is 3.16. The van der Waals surface area contributed by atoms with Crippen molar-refractivity contribution in [3.05, 3.63) is 78.2 Å². The number of hydrogen-bond acceptors (Lipinski definition) is 6. The van der Waals surface area contributed by atoms with Gasteiger partial charge in [0.15, 0.2) is 5.76 Å². The normalized spacial score (nSPS) is 10.8. The largest absolute Gasteiger partial charge is 0.423 e. The minimum Gasteiger partial charge on any atom is -0.423 e. The number of oxazole rings is 1. The maximum absolute atomic E-state index is 10.9. The Morgan fingerprint density at radius 2 is 2.03 bits per heavy atom. The number of nitrogens with zero attached hydrogens (tertiary/aromatic N) is 3. The monoisotopic (exact) mass is 431 g/mol. The van der Waals surface area contributed by atoms with Gasteiger partial charge in [-0.15, -0.1) is 0 Å². The molecule has 0 aliphatic carbocycles. The summed E-state index contributed by atoms with van der Waals surface area (Å²) in [7, 11) is 0. The molecule has 32 heavy (non-hydrogen) atoms. The van der Waals surface area contributed by atoms with E-state index in [-0.39, 0.29) is 5.91 Å². The van der Waals surface area contributed by atoms with E-state index in [1.807, 2.05) is 61.7 Å². The lowest BCUT2D eigenvalue weighted by Gasteiger charge is -2.10. The Morgan fingerprint density at radius 3 is 2.78 bits per heavy atom. The first-order valence-electron chi connectivity index (χ1n) is 10.3. The van der Waals surface area contributed by atoms with Crippen LogP contribution in [-0.4, -0.2) is 33.8 Å². The summed E-state index contributed by atoms with van der Waals surface area (Å²) in [6, 6.07) is 16.3. The minimum absolute atomic E-state index is 0.0606. The van der Waals surface area contributed by atoms with Crippen molar-refractivity contribution in [3.8, 4) is 17.0 Å². The van der Waals surface area contributed by atoms with E-state index in [9.17, 15) is 4.79 Å². The molecule has 2 heterocycles. The van der Waals surface area contributed by atoms with Gasteiger partial charge >= 0.3 is 0 Å². The molecule has 2 aromatic carbocycles. The van der Waals surface area contributed by atoms with Crippen molar-refractivity contribution in [2.45, 2.75) is 20.5 Å². The molecule has 164 valence electrons. The van der Waals surface area contributed by atoms with E-state index in [2.05, 4.69) is 20.7 Å². The van der Waals surface area contributed by atoms with Crippen LogP contribution in [0.25, 0.3) is 17.0 Å². The average Bonchev–Trinajstić information content (AvgIpc) is 3.48. The van der Waals surface area contributed by atoms with Gasteiger partial charge in [0, 0.05) is 37.1 Å². The highest BCUT2D eigenvalue weighted by molar-refractivity contribution is 5.72. The minimum atomic E-state index is -0.0606. The molecule has 4 rings (SSSR count). The zero-order chi connectivity index (χ0) is 22.3. The first-order valence-corrected chi connectivity index (χ1v) is 10.3. The number of nitrogens with one attached hydrogen (secondary N) is 2. The highest BCUT2D eigenvalue weighted by Crippen LogP contribution is 2.27. The molecule has 2 aromatic heterocycles. The molecule has 0 spiro atoms. The Labute approximate surface area is 186 Å². The van der Waals surface area contributed by atoms with Crippen LogP contribution in [-0.2, 0) is 16.1 Å². The first kappa shape index (κ1) is 21.3. The van der Waals surface area contributed by atoms with Crippen LogP contribution in [0.15, 0.2) is 71.5 Å². The lowest BCUT2D eigenvalue weighted by atomic mass is 10.1. The number of aromatic nitrogens is 3. The summed E-state index contributed by atoms with van der Waals surface area (Å²) in [6.45, 7) is 4.91. The van der Waals surface area contributed by atoms with Crippen LogP contribution in [0.3, 0.4) is 0 Å². The Kier molecular flexibility index (Phi) is 6.62. The van der Waals surface area contributed by atoms with Crippen molar-refractivity contribution in [3.63, 3.8) is 0 Å². The van der Waals surface area contributed by atoms with Crippen molar-refractivity contribution >= 4 is 17.6 Å². The zero-order valence-corrected chi connectivity index (χ0v) is 18.0. The third-order valence-corrected chi connectivity index (χ3v) is 4.86. The zero-order valence-electron chi connectivity index (χ0n) is 18.0. The summed E-state index contributed by atoms with van der Waals surface area (Å²) >= 11 is 0. The third-order valence-electron chi connectivity index (χ3n) is 4.86. The molecule has 8 nitrogen and oxygen atoms in total. The van der Waals surface area contributed by atoms with Gasteiger partial charge in [-0.2, -0.15) is 5.10 Å². The van der Waals surface area contributed by atoms with Gasteiger partial charge in [-0.25, -0.2) is 9.67 Å². The maximum atomic E-state index is 10.9. The molecule has 0 bridgehead atoms. The summed E-state index contributed by atoms with van der Waals surface area (Å²) in [5.74, 6) is 0.615. The number of benzene rings is 2. The number of carbonyl (C=O) groups is 1. The van der Waals surface area contributed by atoms with Gasteiger partial charge in [0.05, 0.1) is 25.1 Å². The van der Waals surface area contributed by atoms with Crippen LogP contribution in [0, 0.1) is 6.92 Å². The van der Waals surface area contributed by atoms with Gasteiger partial charge in [0.1, 0.15) is 0 Å². The van der Waals surface area contributed by atoms with E-state index in [1.54, 1.807) is 17.1 Å². The smallest absolute Gasteiger partial charge is 0.299 e. The highest BCUT2D eigenvalue weighted by atomic mass is 16.5. The number of aryl methyl sites for hydroxylation is 1. The Morgan fingerprint density at radius 1 is 1.19 bits per heavy atom. The molecule has 1 amide bonds. The topological polar surface area (TPSA) is 94.2 Å². The van der Waals surface area contributed by atoms with Crippen LogP contribution in [0.2, 0.25) is 0 Å². The molecule has 2 N–H and O–H groups in total. The van der Waals surface area contributed by atoms with Crippen molar-refractivity contribution in [1.29, 1.82) is 0 Å². The van der Waals surface area contributed by atoms with Crippen molar-refractivity contribution < 1.29 is 13.9 Å². The standard InChI is InChI=1S/C24H25N5O3/c1-17-4-5-19(16-31-13-11-25-18(2)30)14-22(17)28-24-26-15-23(32-24)20-6-8-21(9-7-20)29-12-3-10-27-29/h3-10,12,14-15H,11,13,16H2,1-2H3,(H,25,30)(H,26,28). The summed E-state index contributed by atoms with van der Waals surface area (Å²) in [5, 5.41) is 10.2. The Bertz CT molecular complexity index is 1170. The number of ether oxygens (including phenoxy) is 1. The first-order chi connectivity index (χ1) is 15.6. The van der Waals surface area contributed by atoms with Crippen LogP contribution in [0.4, 0.5) is 11.7 Å². The molecule has 0 fully saturated rings. The summed E-state index contributed by atoms with van der Waals surface area (Å²) in [5.41, 5.74) is 4.88. The Balaban J connectivity index is 1.39. The summed E-state index contributed by atoms with van der Waals surface area (Å²) < 4.78 is 13.3. The number of hydrogen-bond donors (Lipinski definition) is 2. The molecule has 0 radical (unpaired) electrons. The molecule has 0 aliphatic rings. The van der Waals surface area contributed by atoms with E-state index in [4.69, 9.17) is 9.15 Å². The van der Waals surface area contributed by atoms with Crippen molar-refractivity contribution in [1.82, 2.24) is 20.1 Å². The second-order valence-electron chi connectivity index (χ2n) is 7.34. The number of amides is 1. The second kappa shape index (κ2) is 9.93. The summed E-state index contributed by atoms with van der Waals surface area (Å²) in [6.07, 6.45) is 5.35. The SMILES string of the molecule is CC(=O)NCCOCc1ccc(C)c(Nc2ncc(-c3ccc(-n4cccn4)cc3)o2)c1. The number of rotatable bonds is 9.